The Hall–Kier alpha value is -3.13. The number of rotatable bonds is 4. The highest BCUT2D eigenvalue weighted by molar-refractivity contribution is 7.99. The van der Waals surface area contributed by atoms with E-state index in [1.807, 2.05) is 36.4 Å². The van der Waals surface area contributed by atoms with Crippen LogP contribution in [0.5, 0.6) is 0 Å². The topological polar surface area (TPSA) is 75.5 Å². The van der Waals surface area contributed by atoms with Gasteiger partial charge in [0, 0.05) is 55.0 Å². The monoisotopic (exact) mass is 408 g/mol. The lowest BCUT2D eigenvalue weighted by molar-refractivity contribution is -0.119. The molecule has 7 nitrogen and oxygen atoms in total. The van der Waals surface area contributed by atoms with Crippen molar-refractivity contribution in [2.45, 2.75) is 11.4 Å². The molecule has 0 N–H and O–H groups in total. The molecular weight excluding hydrogens is 388 g/mol. The average Bonchev–Trinajstić information content (AvgIpc) is 3.35. The molecule has 0 spiro atoms. The Bertz CT molecular complexity index is 1080. The summed E-state index contributed by atoms with van der Waals surface area (Å²) in [7, 11) is 3.33. The van der Waals surface area contributed by atoms with Crippen molar-refractivity contribution in [3.8, 4) is 0 Å². The molecule has 0 bridgehead atoms. The molecule has 148 valence electrons. The summed E-state index contributed by atoms with van der Waals surface area (Å²) in [5, 5.41) is 0.445. The van der Waals surface area contributed by atoms with Crippen LogP contribution in [0.3, 0.4) is 0 Å². The molecule has 1 aliphatic rings. The first-order valence-corrected chi connectivity index (χ1v) is 10.2. The first-order valence-electron chi connectivity index (χ1n) is 9.13. The molecule has 8 heteroatoms. The Balaban J connectivity index is 1.72. The zero-order valence-corrected chi connectivity index (χ0v) is 16.9. The summed E-state index contributed by atoms with van der Waals surface area (Å²) in [6.45, 7) is 0. The highest BCUT2D eigenvalue weighted by Gasteiger charge is 2.39. The lowest BCUT2D eigenvalue weighted by Crippen LogP contribution is -2.38. The number of carbonyl (C=O) groups is 3. The molecule has 2 amide bonds. The fourth-order valence-electron chi connectivity index (χ4n) is 3.58. The summed E-state index contributed by atoms with van der Waals surface area (Å²) < 4.78 is 1.48. The van der Waals surface area contributed by atoms with Gasteiger partial charge in [0.15, 0.2) is 5.78 Å². The Morgan fingerprint density at radius 3 is 2.69 bits per heavy atom. The predicted molar refractivity (Wildman–Crippen MR) is 112 cm³/mol. The van der Waals surface area contributed by atoms with E-state index in [1.165, 1.54) is 21.2 Å². The summed E-state index contributed by atoms with van der Waals surface area (Å²) in [6.07, 6.45) is 5.70. The van der Waals surface area contributed by atoms with Crippen LogP contribution < -0.4 is 0 Å². The van der Waals surface area contributed by atoms with Gasteiger partial charge in [-0.25, -0.2) is 4.79 Å². The normalized spacial score (nSPS) is 18.8. The maximum absolute atomic E-state index is 13.4. The third-order valence-electron chi connectivity index (χ3n) is 5.00. The second-order valence-electron chi connectivity index (χ2n) is 7.01. The minimum absolute atomic E-state index is 0.169. The van der Waals surface area contributed by atoms with Gasteiger partial charge in [-0.3, -0.25) is 19.1 Å². The molecule has 1 aliphatic heterocycles. The Morgan fingerprint density at radius 2 is 2.00 bits per heavy atom. The van der Waals surface area contributed by atoms with Gasteiger partial charge in [-0.2, -0.15) is 0 Å². The van der Waals surface area contributed by atoms with Crippen molar-refractivity contribution in [1.82, 2.24) is 19.4 Å². The van der Waals surface area contributed by atoms with Crippen molar-refractivity contribution < 1.29 is 14.4 Å². The van der Waals surface area contributed by atoms with Crippen molar-refractivity contribution in [2.24, 2.45) is 0 Å². The van der Waals surface area contributed by atoms with E-state index in [2.05, 4.69) is 4.98 Å². The van der Waals surface area contributed by atoms with E-state index in [-0.39, 0.29) is 17.2 Å². The number of pyridine rings is 1. The molecule has 0 saturated carbocycles. The average molecular weight is 408 g/mol. The quantitative estimate of drug-likeness (QED) is 0.490. The second kappa shape index (κ2) is 7.71. The first kappa shape index (κ1) is 19.2. The molecule has 1 fully saturated rings. The van der Waals surface area contributed by atoms with Crippen molar-refractivity contribution >= 4 is 40.9 Å². The van der Waals surface area contributed by atoms with Crippen molar-refractivity contribution in [3.05, 3.63) is 66.1 Å². The number of aromatic nitrogens is 2. The minimum Gasteiger partial charge on any atom is -0.330 e. The minimum atomic E-state index is -0.601. The molecule has 0 radical (unpaired) electrons. The number of hydrogen-bond acceptors (Lipinski definition) is 5. The van der Waals surface area contributed by atoms with Gasteiger partial charge < -0.3 is 9.80 Å². The van der Waals surface area contributed by atoms with Crippen LogP contribution in [0, 0.1) is 0 Å². The van der Waals surface area contributed by atoms with Gasteiger partial charge in [-0.15, -0.1) is 11.8 Å². The first-order chi connectivity index (χ1) is 14.0. The largest absolute Gasteiger partial charge is 0.330 e. The van der Waals surface area contributed by atoms with Gasteiger partial charge >= 0.3 is 6.03 Å². The molecule has 3 aromatic rings. The second-order valence-corrected chi connectivity index (χ2v) is 8.12. The number of ketones is 1. The van der Waals surface area contributed by atoms with E-state index in [4.69, 9.17) is 0 Å². The SMILES string of the molecule is CN(C)C(=O)n1cc(C(=O)[C@H]2CS[C@@H](c3cccnc3)N2C=O)c2ccccc21. The number of fused-ring (bicyclic) bond motifs is 1. The Morgan fingerprint density at radius 1 is 1.21 bits per heavy atom. The van der Waals surface area contributed by atoms with Crippen LogP contribution in [0.25, 0.3) is 10.9 Å². The van der Waals surface area contributed by atoms with E-state index < -0.39 is 6.04 Å². The van der Waals surface area contributed by atoms with Crippen LogP contribution in [0.1, 0.15) is 21.3 Å². The zero-order valence-electron chi connectivity index (χ0n) is 16.1. The third-order valence-corrected chi connectivity index (χ3v) is 6.34. The van der Waals surface area contributed by atoms with Crippen LogP contribution in [-0.2, 0) is 4.79 Å². The van der Waals surface area contributed by atoms with Gasteiger partial charge in [0.05, 0.1) is 5.52 Å². The molecule has 0 unspecified atom stereocenters. The molecule has 29 heavy (non-hydrogen) atoms. The van der Waals surface area contributed by atoms with E-state index in [0.717, 1.165) is 12.0 Å². The smallest absolute Gasteiger partial charge is 0.328 e. The standard InChI is InChI=1S/C21H20N4O3S/c1-23(2)21(28)24-11-16(15-7-3-4-8-17(15)24)19(27)18-12-29-20(25(18)13-26)14-6-5-9-22-10-14/h3-11,13,18,20H,12H2,1-2H3/t18-,20+/m1/s1. The van der Waals surface area contributed by atoms with E-state index in [0.29, 0.717) is 22.2 Å². The van der Waals surface area contributed by atoms with Crippen molar-refractivity contribution in [3.63, 3.8) is 0 Å². The highest BCUT2D eigenvalue weighted by atomic mass is 32.2. The summed E-state index contributed by atoms with van der Waals surface area (Å²) in [4.78, 5) is 45.0. The molecule has 2 aromatic heterocycles. The van der Waals surface area contributed by atoms with Crippen LogP contribution in [-0.4, -0.2) is 63.5 Å². The van der Waals surface area contributed by atoms with Crippen molar-refractivity contribution in [2.75, 3.05) is 19.8 Å². The van der Waals surface area contributed by atoms with Gasteiger partial charge in [-0.1, -0.05) is 24.3 Å². The van der Waals surface area contributed by atoms with Crippen LogP contribution in [0.4, 0.5) is 4.79 Å². The Kier molecular flexibility index (Phi) is 5.10. The molecule has 1 saturated heterocycles. The molecule has 3 heterocycles. The lowest BCUT2D eigenvalue weighted by Gasteiger charge is -2.24. The lowest BCUT2D eigenvalue weighted by atomic mass is 10.0. The molecule has 1 aromatic carbocycles. The number of benzene rings is 1. The predicted octanol–water partition coefficient (Wildman–Crippen LogP) is 3.02. The molecule has 4 rings (SSSR count). The van der Waals surface area contributed by atoms with Crippen LogP contribution >= 0.6 is 11.8 Å². The van der Waals surface area contributed by atoms with E-state index >= 15 is 0 Å². The summed E-state index contributed by atoms with van der Waals surface area (Å²) in [5.41, 5.74) is 1.99. The Labute approximate surface area is 172 Å². The van der Waals surface area contributed by atoms with Gasteiger partial charge in [0.2, 0.25) is 6.41 Å². The maximum atomic E-state index is 13.4. The third kappa shape index (κ3) is 3.29. The summed E-state index contributed by atoms with van der Waals surface area (Å²) >= 11 is 1.53. The number of nitrogens with zero attached hydrogens (tertiary/aromatic N) is 4. The fourth-order valence-corrected chi connectivity index (χ4v) is 4.97. The number of para-hydroxylation sites is 1. The van der Waals surface area contributed by atoms with Gasteiger partial charge in [0.1, 0.15) is 11.4 Å². The van der Waals surface area contributed by atoms with Crippen LogP contribution in [0.15, 0.2) is 55.0 Å². The van der Waals surface area contributed by atoms with Gasteiger partial charge in [0.25, 0.3) is 0 Å². The number of hydrogen-bond donors (Lipinski definition) is 0. The van der Waals surface area contributed by atoms with Gasteiger partial charge in [-0.05, 0) is 12.1 Å². The van der Waals surface area contributed by atoms with Crippen LogP contribution in [0.2, 0.25) is 0 Å². The number of carbonyl (C=O) groups excluding carboxylic acids is 3. The number of thioether (sulfide) groups is 1. The number of amides is 2. The fraction of sp³-hybridized carbons (Fsp3) is 0.238. The molecule has 2 atom stereocenters. The maximum Gasteiger partial charge on any atom is 0.328 e. The zero-order chi connectivity index (χ0) is 20.5. The highest BCUT2D eigenvalue weighted by Crippen LogP contribution is 2.41. The van der Waals surface area contributed by atoms with E-state index in [9.17, 15) is 14.4 Å². The van der Waals surface area contributed by atoms with E-state index in [1.54, 1.807) is 37.6 Å². The summed E-state index contributed by atoms with van der Waals surface area (Å²) in [5.74, 6) is 0.315. The summed E-state index contributed by atoms with van der Waals surface area (Å²) in [6, 6.07) is 10.2. The molecule has 0 aliphatic carbocycles. The molecular formula is C21H20N4O3S. The number of Topliss-reactive ketones (excluding diaryl/α,β-unsaturated/α-hetero) is 1. The van der Waals surface area contributed by atoms with Crippen molar-refractivity contribution in [1.29, 1.82) is 0 Å².